The Hall–Kier alpha value is -10.2. The number of fused-ring (bicyclic) bond motifs is 9. The Morgan fingerprint density at radius 1 is 0.380 bits per heavy atom. The fourth-order valence-electron chi connectivity index (χ4n) is 15.5. The van der Waals surface area contributed by atoms with E-state index in [1.807, 2.05) is 12.1 Å². The van der Waals surface area contributed by atoms with Crippen molar-refractivity contribution < 1.29 is 8.83 Å². The molecular weight excluding hydrogens is 1120 g/mol. The summed E-state index contributed by atoms with van der Waals surface area (Å²) in [6.07, 6.45) is 0. The lowest BCUT2D eigenvalue weighted by atomic mass is 9.33. The number of anilines is 9. The van der Waals surface area contributed by atoms with Crippen LogP contribution in [-0.2, 0) is 10.8 Å². The lowest BCUT2D eigenvalue weighted by Gasteiger charge is -2.46. The average Bonchev–Trinajstić information content (AvgIpc) is 0.879. The second kappa shape index (κ2) is 20.9. The van der Waals surface area contributed by atoms with Gasteiger partial charge in [-0.3, -0.25) is 0 Å². The van der Waals surface area contributed by atoms with Crippen molar-refractivity contribution in [3.63, 3.8) is 0 Å². The number of rotatable bonds is 8. The Labute approximate surface area is 540 Å². The van der Waals surface area contributed by atoms with Gasteiger partial charge >= 0.3 is 0 Å². The molecule has 0 N–H and O–H groups in total. The van der Waals surface area contributed by atoms with Gasteiger partial charge in [0.25, 0.3) is 6.71 Å². The van der Waals surface area contributed by atoms with Crippen molar-refractivity contribution in [2.75, 3.05) is 14.7 Å². The van der Waals surface area contributed by atoms with E-state index in [1.54, 1.807) is 0 Å². The van der Waals surface area contributed by atoms with Gasteiger partial charge in [0.1, 0.15) is 22.7 Å². The summed E-state index contributed by atoms with van der Waals surface area (Å²) in [7, 11) is 0. The molecule has 92 heavy (non-hydrogen) atoms. The molecule has 450 valence electrons. The van der Waals surface area contributed by atoms with Crippen molar-refractivity contribution in [2.45, 2.75) is 101 Å². The van der Waals surface area contributed by atoms with Crippen LogP contribution in [0.25, 0.3) is 72.1 Å². The van der Waals surface area contributed by atoms with Crippen LogP contribution in [0.4, 0.5) is 51.2 Å². The number of hydrogen-bond acceptors (Lipinski definition) is 5. The molecule has 3 aromatic heterocycles. The third-order valence-electron chi connectivity index (χ3n) is 19.7. The third-order valence-corrected chi connectivity index (χ3v) is 19.7. The molecule has 0 fully saturated rings. The largest absolute Gasteiger partial charge is 0.456 e. The second-order valence-corrected chi connectivity index (χ2v) is 28.2. The van der Waals surface area contributed by atoms with Crippen molar-refractivity contribution in [1.82, 2.24) is 4.57 Å². The van der Waals surface area contributed by atoms with E-state index in [4.69, 9.17) is 8.83 Å². The molecule has 0 radical (unpaired) electrons. The highest BCUT2D eigenvalue weighted by Crippen LogP contribution is 2.52. The molecular formula is C85H75BN4O2. The minimum absolute atomic E-state index is 0.0450. The van der Waals surface area contributed by atoms with Crippen molar-refractivity contribution in [1.29, 1.82) is 0 Å². The molecule has 0 spiro atoms. The zero-order valence-electron chi connectivity index (χ0n) is 55.0. The molecule has 14 aromatic rings. The van der Waals surface area contributed by atoms with Crippen LogP contribution < -0.4 is 31.1 Å². The molecule has 2 aliphatic rings. The summed E-state index contributed by atoms with van der Waals surface area (Å²) >= 11 is 0. The Morgan fingerprint density at radius 3 is 1.41 bits per heavy atom. The number of furan rings is 2. The molecule has 0 amide bonds. The standard InChI is InChI=1S/C85H75BN4O2/c1-50-37-74-80-75(38-50)90(83-53(4)41-60(42-54(83)5)79-46-58-24-18-22-30-77(58)92-79)73-49-65(87(81-55(6)43-62(44-56(81)7)85(11,12)13)64-32-34-67-66-27-19-20-28-70(66)88(71(67)48-64)63-25-15-14-16-26-63)33-36-69(73)86(80)68-35-31-61(84(8,9)10)47-72(68)89(74)82-51(2)39-59(40-52(82)3)78-45-57-23-17-21-29-76(57)91-78/h14-49H,1-13H3. The van der Waals surface area contributed by atoms with Crippen LogP contribution in [-0.4, -0.2) is 11.3 Å². The van der Waals surface area contributed by atoms with Gasteiger partial charge in [-0.2, -0.15) is 0 Å². The molecule has 0 aliphatic carbocycles. The van der Waals surface area contributed by atoms with E-state index in [0.717, 1.165) is 89.7 Å². The summed E-state index contributed by atoms with van der Waals surface area (Å²) in [6.45, 7) is 29.9. The Bertz CT molecular complexity index is 5240. The maximum atomic E-state index is 6.63. The molecule has 0 saturated heterocycles. The van der Waals surface area contributed by atoms with Gasteiger partial charge in [0.15, 0.2) is 0 Å². The van der Waals surface area contributed by atoms with Crippen LogP contribution in [0.5, 0.6) is 0 Å². The van der Waals surface area contributed by atoms with Crippen LogP contribution in [0, 0.1) is 48.5 Å². The minimum Gasteiger partial charge on any atom is -0.456 e. The second-order valence-electron chi connectivity index (χ2n) is 28.2. The number of para-hydroxylation sites is 4. The van der Waals surface area contributed by atoms with E-state index in [2.05, 4.69) is 316 Å². The van der Waals surface area contributed by atoms with Gasteiger partial charge in [-0.1, -0.05) is 151 Å². The van der Waals surface area contributed by atoms with Crippen molar-refractivity contribution in [2.24, 2.45) is 0 Å². The first-order valence-electron chi connectivity index (χ1n) is 32.5. The summed E-state index contributed by atoms with van der Waals surface area (Å²) in [5.41, 5.74) is 32.3. The molecule has 0 bridgehead atoms. The number of nitrogens with zero attached hydrogens (tertiary/aromatic N) is 4. The molecule has 11 aromatic carbocycles. The first-order valence-corrected chi connectivity index (χ1v) is 32.5. The Kier molecular flexibility index (Phi) is 12.9. The lowest BCUT2D eigenvalue weighted by Crippen LogP contribution is -2.61. The number of aromatic nitrogens is 1. The van der Waals surface area contributed by atoms with Crippen LogP contribution in [0.1, 0.15) is 91.6 Å². The Balaban J connectivity index is 0.967. The van der Waals surface area contributed by atoms with Gasteiger partial charge in [0.2, 0.25) is 0 Å². The first-order chi connectivity index (χ1) is 44.2. The first kappa shape index (κ1) is 57.0. The van der Waals surface area contributed by atoms with Gasteiger partial charge in [-0.05, 0) is 235 Å². The summed E-state index contributed by atoms with van der Waals surface area (Å²) in [5.74, 6) is 1.73. The van der Waals surface area contributed by atoms with Gasteiger partial charge in [-0.25, -0.2) is 0 Å². The molecule has 16 rings (SSSR count). The maximum Gasteiger partial charge on any atom is 0.252 e. The average molecular weight is 1200 g/mol. The highest BCUT2D eigenvalue weighted by atomic mass is 16.3. The summed E-state index contributed by atoms with van der Waals surface area (Å²) in [6, 6.07) is 81.6. The molecule has 5 heterocycles. The van der Waals surface area contributed by atoms with E-state index in [-0.39, 0.29) is 17.5 Å². The summed E-state index contributed by atoms with van der Waals surface area (Å²) < 4.78 is 15.6. The summed E-state index contributed by atoms with van der Waals surface area (Å²) in [5, 5.41) is 4.64. The third kappa shape index (κ3) is 9.06. The monoisotopic (exact) mass is 1190 g/mol. The number of aryl methyl sites for hydroxylation is 7. The lowest BCUT2D eigenvalue weighted by molar-refractivity contribution is 0.589. The normalized spacial score (nSPS) is 13.0. The predicted octanol–water partition coefficient (Wildman–Crippen LogP) is 21.9. The number of hydrogen-bond donors (Lipinski definition) is 0. The van der Waals surface area contributed by atoms with E-state index in [0.29, 0.717) is 0 Å². The fraction of sp³-hybridized carbons (Fsp3) is 0.176. The van der Waals surface area contributed by atoms with E-state index >= 15 is 0 Å². The van der Waals surface area contributed by atoms with Gasteiger partial charge in [-0.15, -0.1) is 0 Å². The zero-order chi connectivity index (χ0) is 63.4. The molecule has 0 atom stereocenters. The van der Waals surface area contributed by atoms with Gasteiger partial charge < -0.3 is 28.1 Å². The van der Waals surface area contributed by atoms with Gasteiger partial charge in [0.05, 0.1) is 28.1 Å². The smallest absolute Gasteiger partial charge is 0.252 e. The van der Waals surface area contributed by atoms with Crippen LogP contribution in [0.3, 0.4) is 0 Å². The predicted molar refractivity (Wildman–Crippen MR) is 390 cm³/mol. The summed E-state index contributed by atoms with van der Waals surface area (Å²) in [4.78, 5) is 7.79. The molecule has 0 unspecified atom stereocenters. The van der Waals surface area contributed by atoms with E-state index in [9.17, 15) is 0 Å². The fourth-order valence-corrected chi connectivity index (χ4v) is 15.5. The zero-order valence-corrected chi connectivity index (χ0v) is 55.0. The maximum absolute atomic E-state index is 6.63. The van der Waals surface area contributed by atoms with Crippen molar-refractivity contribution >= 4 is 118 Å². The highest BCUT2D eigenvalue weighted by molar-refractivity contribution is 7.00. The van der Waals surface area contributed by atoms with Crippen molar-refractivity contribution in [3.05, 3.63) is 268 Å². The molecule has 0 saturated carbocycles. The van der Waals surface area contributed by atoms with Crippen LogP contribution >= 0.6 is 0 Å². The highest BCUT2D eigenvalue weighted by Gasteiger charge is 2.45. The van der Waals surface area contributed by atoms with Gasteiger partial charge in [0, 0.05) is 72.5 Å². The van der Waals surface area contributed by atoms with Crippen LogP contribution in [0.2, 0.25) is 0 Å². The SMILES string of the molecule is Cc1cc2c3c(c1)N(c1c(C)cc(-c4cc5ccccc5o4)cc1C)c1cc(C(C)(C)C)ccc1B3c1ccc(N(c3ccc4c5ccccc5n(-c5ccccc5)c4c3)c3c(C)cc(C(C)(C)C)cc3C)cc1N2c1c(C)cc(-c2cc3ccccc3o2)cc1C. The number of benzene rings is 11. The van der Waals surface area contributed by atoms with E-state index in [1.165, 1.54) is 100 Å². The minimum atomic E-state index is -0.118. The van der Waals surface area contributed by atoms with E-state index < -0.39 is 0 Å². The molecule has 6 nitrogen and oxygen atoms in total. The Morgan fingerprint density at radius 2 is 0.859 bits per heavy atom. The quantitative estimate of drug-likeness (QED) is 0.142. The molecule has 2 aliphatic heterocycles. The molecule has 7 heteroatoms. The van der Waals surface area contributed by atoms with Crippen molar-refractivity contribution in [3.8, 4) is 28.3 Å². The van der Waals surface area contributed by atoms with Crippen LogP contribution in [0.15, 0.2) is 227 Å². The topological polar surface area (TPSA) is 40.9 Å².